The third-order valence-electron chi connectivity index (χ3n) is 4.98. The van der Waals surface area contributed by atoms with Crippen molar-refractivity contribution in [2.75, 3.05) is 18.4 Å². The Hall–Kier alpha value is -2.25. The summed E-state index contributed by atoms with van der Waals surface area (Å²) in [6.45, 7) is 6.33. The molecule has 0 saturated carbocycles. The fourth-order valence-electron chi connectivity index (χ4n) is 3.74. The predicted molar refractivity (Wildman–Crippen MR) is 105 cm³/mol. The molecule has 144 valence electrons. The van der Waals surface area contributed by atoms with Crippen molar-refractivity contribution in [3.63, 3.8) is 0 Å². The third-order valence-corrected chi connectivity index (χ3v) is 7.18. The quantitative estimate of drug-likeness (QED) is 0.874. The highest BCUT2D eigenvalue weighted by molar-refractivity contribution is 7.89. The number of anilines is 1. The molecule has 1 N–H and O–H groups in total. The molecular formula is C20H25N3O3S. The van der Waals surface area contributed by atoms with Gasteiger partial charge in [0.15, 0.2) is 0 Å². The molecular weight excluding hydrogens is 362 g/mol. The monoisotopic (exact) mass is 387 g/mol. The lowest BCUT2D eigenvalue weighted by molar-refractivity contribution is -0.120. The lowest BCUT2D eigenvalue weighted by atomic mass is 9.97. The first-order valence-electron chi connectivity index (χ1n) is 9.08. The van der Waals surface area contributed by atoms with Crippen LogP contribution in [0.1, 0.15) is 29.5 Å². The van der Waals surface area contributed by atoms with Gasteiger partial charge in [-0.25, -0.2) is 8.42 Å². The van der Waals surface area contributed by atoms with Crippen molar-refractivity contribution in [3.05, 3.63) is 53.3 Å². The highest BCUT2D eigenvalue weighted by Crippen LogP contribution is 2.29. The number of carbonyl (C=O) groups excluding carboxylic acids is 1. The lowest BCUT2D eigenvalue weighted by Gasteiger charge is -2.31. The van der Waals surface area contributed by atoms with Gasteiger partial charge in [-0.05, 0) is 56.9 Å². The minimum atomic E-state index is -3.55. The van der Waals surface area contributed by atoms with E-state index in [1.807, 2.05) is 32.9 Å². The molecule has 1 aliphatic rings. The Bertz CT molecular complexity index is 911. The van der Waals surface area contributed by atoms with Gasteiger partial charge in [0.05, 0.1) is 4.90 Å². The summed E-state index contributed by atoms with van der Waals surface area (Å²) in [6.07, 6.45) is 4.27. The van der Waals surface area contributed by atoms with Gasteiger partial charge in [-0.1, -0.05) is 17.7 Å². The van der Waals surface area contributed by atoms with Crippen LogP contribution in [0.3, 0.4) is 0 Å². The maximum Gasteiger partial charge on any atom is 0.243 e. The van der Waals surface area contributed by atoms with Crippen molar-refractivity contribution in [1.29, 1.82) is 0 Å². The maximum atomic E-state index is 13.1. The molecule has 6 nitrogen and oxygen atoms in total. The normalized spacial score (nSPS) is 16.3. The molecule has 3 rings (SSSR count). The van der Waals surface area contributed by atoms with E-state index in [4.69, 9.17) is 0 Å². The summed E-state index contributed by atoms with van der Waals surface area (Å²) in [5, 5.41) is 2.87. The van der Waals surface area contributed by atoms with Crippen molar-refractivity contribution in [2.24, 2.45) is 5.92 Å². The van der Waals surface area contributed by atoms with Gasteiger partial charge in [-0.2, -0.15) is 4.31 Å². The number of sulfonamides is 1. The SMILES string of the molecule is Cc1cc(C)c(S(=O)(=O)N2CCC(C(=O)Nc3ccncc3)CC2)c(C)c1. The Balaban J connectivity index is 1.69. The molecule has 0 spiro atoms. The van der Waals surface area contributed by atoms with E-state index in [0.717, 1.165) is 16.7 Å². The van der Waals surface area contributed by atoms with Gasteiger partial charge in [0.1, 0.15) is 0 Å². The summed E-state index contributed by atoms with van der Waals surface area (Å²) in [5.41, 5.74) is 3.29. The van der Waals surface area contributed by atoms with E-state index >= 15 is 0 Å². The van der Waals surface area contributed by atoms with Crippen LogP contribution in [0.2, 0.25) is 0 Å². The molecule has 7 heteroatoms. The Morgan fingerprint density at radius 2 is 1.63 bits per heavy atom. The molecule has 1 aliphatic heterocycles. The van der Waals surface area contributed by atoms with Crippen LogP contribution in [0.15, 0.2) is 41.6 Å². The first-order chi connectivity index (χ1) is 12.8. The van der Waals surface area contributed by atoms with E-state index in [-0.39, 0.29) is 11.8 Å². The second-order valence-electron chi connectivity index (χ2n) is 7.13. The van der Waals surface area contributed by atoms with Gasteiger partial charge in [-0.15, -0.1) is 0 Å². The highest BCUT2D eigenvalue weighted by Gasteiger charge is 2.33. The molecule has 0 aliphatic carbocycles. The number of pyridine rings is 1. The zero-order chi connectivity index (χ0) is 19.6. The zero-order valence-electron chi connectivity index (χ0n) is 15.9. The number of nitrogens with zero attached hydrogens (tertiary/aromatic N) is 2. The molecule has 1 saturated heterocycles. The van der Waals surface area contributed by atoms with Crippen LogP contribution in [0.25, 0.3) is 0 Å². The van der Waals surface area contributed by atoms with Crippen LogP contribution in [0.4, 0.5) is 5.69 Å². The number of hydrogen-bond donors (Lipinski definition) is 1. The fraction of sp³-hybridized carbons (Fsp3) is 0.400. The van der Waals surface area contributed by atoms with Gasteiger partial charge < -0.3 is 5.32 Å². The number of amides is 1. The van der Waals surface area contributed by atoms with E-state index in [0.29, 0.717) is 36.5 Å². The van der Waals surface area contributed by atoms with Gasteiger partial charge >= 0.3 is 0 Å². The number of aromatic nitrogens is 1. The van der Waals surface area contributed by atoms with E-state index in [1.165, 1.54) is 4.31 Å². The molecule has 0 bridgehead atoms. The lowest BCUT2D eigenvalue weighted by Crippen LogP contribution is -2.41. The summed E-state index contributed by atoms with van der Waals surface area (Å²) >= 11 is 0. The number of piperidine rings is 1. The van der Waals surface area contributed by atoms with Gasteiger partial charge in [0, 0.05) is 37.1 Å². The van der Waals surface area contributed by atoms with Crippen LogP contribution in [0.5, 0.6) is 0 Å². The van der Waals surface area contributed by atoms with Crippen molar-refractivity contribution < 1.29 is 13.2 Å². The molecule has 27 heavy (non-hydrogen) atoms. The number of hydrogen-bond acceptors (Lipinski definition) is 4. The molecule has 1 aromatic carbocycles. The van der Waals surface area contributed by atoms with Gasteiger partial charge in [0.2, 0.25) is 15.9 Å². The second kappa shape index (κ2) is 7.78. The van der Waals surface area contributed by atoms with Crippen molar-refractivity contribution >= 4 is 21.6 Å². The van der Waals surface area contributed by atoms with Crippen LogP contribution in [0, 0.1) is 26.7 Å². The van der Waals surface area contributed by atoms with Crippen LogP contribution >= 0.6 is 0 Å². The standard InChI is InChI=1S/C20H25N3O3S/c1-14-12-15(2)19(16(3)13-14)27(25,26)23-10-6-17(7-11-23)20(24)22-18-4-8-21-9-5-18/h4-5,8-9,12-13,17H,6-7,10-11H2,1-3H3,(H,21,22,24). The van der Waals surface area contributed by atoms with Gasteiger partial charge in [-0.3, -0.25) is 9.78 Å². The van der Waals surface area contributed by atoms with E-state index in [1.54, 1.807) is 24.5 Å². The van der Waals surface area contributed by atoms with Crippen molar-refractivity contribution in [3.8, 4) is 0 Å². The van der Waals surface area contributed by atoms with Crippen LogP contribution in [-0.2, 0) is 14.8 Å². The summed E-state index contributed by atoms with van der Waals surface area (Å²) in [6, 6.07) is 7.27. The minimum absolute atomic E-state index is 0.0686. The first kappa shape index (κ1) is 19.5. The number of aryl methyl sites for hydroxylation is 3. The van der Waals surface area contributed by atoms with Crippen molar-refractivity contribution in [1.82, 2.24) is 9.29 Å². The van der Waals surface area contributed by atoms with E-state index in [2.05, 4.69) is 10.3 Å². The minimum Gasteiger partial charge on any atom is -0.326 e. The van der Waals surface area contributed by atoms with E-state index < -0.39 is 10.0 Å². The number of rotatable bonds is 4. The summed E-state index contributed by atoms with van der Waals surface area (Å²) < 4.78 is 27.8. The average molecular weight is 388 g/mol. The van der Waals surface area contributed by atoms with Crippen LogP contribution < -0.4 is 5.32 Å². The predicted octanol–water partition coefficient (Wildman–Crippen LogP) is 3.05. The molecule has 0 radical (unpaired) electrons. The molecule has 2 heterocycles. The Morgan fingerprint density at radius 1 is 1.07 bits per heavy atom. The molecule has 0 unspecified atom stereocenters. The Morgan fingerprint density at radius 3 is 2.19 bits per heavy atom. The Kier molecular flexibility index (Phi) is 5.62. The summed E-state index contributed by atoms with van der Waals surface area (Å²) in [7, 11) is -3.55. The topological polar surface area (TPSA) is 79.4 Å². The maximum absolute atomic E-state index is 13.1. The molecule has 1 amide bonds. The number of benzene rings is 1. The fourth-order valence-corrected chi connectivity index (χ4v) is 5.62. The summed E-state index contributed by atoms with van der Waals surface area (Å²) in [5.74, 6) is -0.259. The highest BCUT2D eigenvalue weighted by atomic mass is 32.2. The largest absolute Gasteiger partial charge is 0.326 e. The van der Waals surface area contributed by atoms with Gasteiger partial charge in [0.25, 0.3) is 0 Å². The zero-order valence-corrected chi connectivity index (χ0v) is 16.7. The smallest absolute Gasteiger partial charge is 0.243 e. The first-order valence-corrected chi connectivity index (χ1v) is 10.5. The summed E-state index contributed by atoms with van der Waals surface area (Å²) in [4.78, 5) is 16.8. The second-order valence-corrected chi connectivity index (χ2v) is 9.01. The van der Waals surface area contributed by atoms with Crippen molar-refractivity contribution in [2.45, 2.75) is 38.5 Å². The average Bonchev–Trinajstić information content (AvgIpc) is 2.61. The molecule has 1 aromatic heterocycles. The third kappa shape index (κ3) is 4.20. The number of nitrogens with one attached hydrogen (secondary N) is 1. The van der Waals surface area contributed by atoms with E-state index in [9.17, 15) is 13.2 Å². The molecule has 1 fully saturated rings. The number of carbonyl (C=O) groups is 1. The Labute approximate surface area is 160 Å². The van der Waals surface area contributed by atoms with Crippen LogP contribution in [-0.4, -0.2) is 36.7 Å². The molecule has 2 aromatic rings. The molecule has 0 atom stereocenters.